The molecular weight excluding hydrogens is 178 g/mol. The van der Waals surface area contributed by atoms with E-state index in [2.05, 4.69) is 0 Å². The smallest absolute Gasteiger partial charge is 0.315 e. The van der Waals surface area contributed by atoms with Crippen LogP contribution in [-0.4, -0.2) is 36.9 Å². The van der Waals surface area contributed by atoms with E-state index in [-0.39, 0.29) is 0 Å². The van der Waals surface area contributed by atoms with Gasteiger partial charge in [-0.3, -0.25) is 4.79 Å². The van der Waals surface area contributed by atoms with Gasteiger partial charge in [-0.15, -0.1) is 0 Å². The Hall–Kier alpha value is -0.710. The Bertz CT molecular complexity index is 179. The molecule has 0 aromatic heterocycles. The van der Waals surface area contributed by atoms with Gasteiger partial charge >= 0.3 is 6.43 Å². The van der Waals surface area contributed by atoms with Gasteiger partial charge in [-0.05, 0) is 25.3 Å². The van der Waals surface area contributed by atoms with Crippen LogP contribution >= 0.6 is 0 Å². The summed E-state index contributed by atoms with van der Waals surface area (Å²) in [4.78, 5) is 12.1. The van der Waals surface area contributed by atoms with E-state index in [9.17, 15) is 13.6 Å². The number of nitrogens with zero attached hydrogens (tertiary/aromatic N) is 1. The molecule has 0 aromatic rings. The van der Waals surface area contributed by atoms with Crippen LogP contribution in [0.25, 0.3) is 0 Å². The van der Waals surface area contributed by atoms with E-state index >= 15 is 0 Å². The van der Waals surface area contributed by atoms with Crippen LogP contribution < -0.4 is 5.73 Å². The van der Waals surface area contributed by atoms with Crippen molar-refractivity contribution < 1.29 is 13.6 Å². The molecule has 1 rings (SSSR count). The lowest BCUT2D eigenvalue weighted by Gasteiger charge is -2.31. The van der Waals surface area contributed by atoms with Gasteiger partial charge < -0.3 is 10.6 Å². The molecule has 76 valence electrons. The number of piperidine rings is 1. The molecule has 1 heterocycles. The van der Waals surface area contributed by atoms with Gasteiger partial charge in [0.05, 0.1) is 0 Å². The highest BCUT2D eigenvalue weighted by molar-refractivity contribution is 5.79. The van der Waals surface area contributed by atoms with Crippen molar-refractivity contribution in [2.45, 2.75) is 19.3 Å². The van der Waals surface area contributed by atoms with E-state index in [0.29, 0.717) is 25.6 Å². The number of hydrogen-bond donors (Lipinski definition) is 1. The third kappa shape index (κ3) is 2.62. The van der Waals surface area contributed by atoms with Crippen molar-refractivity contribution in [1.82, 2.24) is 4.90 Å². The van der Waals surface area contributed by atoms with Crippen molar-refractivity contribution in [2.75, 3.05) is 19.6 Å². The predicted octanol–water partition coefficient (Wildman–Crippen LogP) is 0.449. The molecule has 1 fully saturated rings. The Kier molecular flexibility index (Phi) is 3.59. The Labute approximate surface area is 75.9 Å². The molecule has 0 radical (unpaired) electrons. The van der Waals surface area contributed by atoms with Crippen molar-refractivity contribution in [1.29, 1.82) is 0 Å². The molecule has 13 heavy (non-hydrogen) atoms. The van der Waals surface area contributed by atoms with E-state index < -0.39 is 12.3 Å². The first-order valence-electron chi connectivity index (χ1n) is 4.42. The molecule has 1 aliphatic heterocycles. The maximum atomic E-state index is 12.0. The number of halogens is 2. The van der Waals surface area contributed by atoms with Crippen LogP contribution in [0.15, 0.2) is 0 Å². The molecule has 1 saturated heterocycles. The minimum atomic E-state index is -2.87. The molecule has 1 amide bonds. The van der Waals surface area contributed by atoms with Crippen LogP contribution in [0.3, 0.4) is 0 Å². The standard InChI is InChI=1S/C8H14F2N2O/c9-7(10)8(13)12-3-1-6(5-11)2-4-12/h6-7H,1-5,11H2. The lowest BCUT2D eigenvalue weighted by atomic mass is 9.97. The van der Waals surface area contributed by atoms with Crippen molar-refractivity contribution in [3.8, 4) is 0 Å². The van der Waals surface area contributed by atoms with Crippen molar-refractivity contribution in [2.24, 2.45) is 11.7 Å². The highest BCUT2D eigenvalue weighted by Crippen LogP contribution is 2.17. The first kappa shape index (κ1) is 10.4. The molecule has 2 N–H and O–H groups in total. The summed E-state index contributed by atoms with van der Waals surface area (Å²) in [5, 5.41) is 0. The van der Waals surface area contributed by atoms with Crippen LogP contribution in [0.2, 0.25) is 0 Å². The number of likely N-dealkylation sites (tertiary alicyclic amines) is 1. The molecule has 0 aromatic carbocycles. The minimum absolute atomic E-state index is 0.390. The Balaban J connectivity index is 2.36. The molecule has 3 nitrogen and oxygen atoms in total. The van der Waals surface area contributed by atoms with Crippen LogP contribution in [0, 0.1) is 5.92 Å². The van der Waals surface area contributed by atoms with E-state index in [0.717, 1.165) is 12.8 Å². The molecule has 0 spiro atoms. The van der Waals surface area contributed by atoms with Gasteiger partial charge in [0.2, 0.25) is 0 Å². The number of amides is 1. The summed E-state index contributed by atoms with van der Waals surface area (Å²) in [7, 11) is 0. The molecular formula is C8H14F2N2O. The van der Waals surface area contributed by atoms with Crippen LogP contribution in [-0.2, 0) is 4.79 Å². The molecule has 0 saturated carbocycles. The summed E-state index contributed by atoms with van der Waals surface area (Å²) in [6.45, 7) is 1.42. The fraction of sp³-hybridized carbons (Fsp3) is 0.875. The van der Waals surface area contributed by atoms with Crippen molar-refractivity contribution in [3.63, 3.8) is 0 Å². The lowest BCUT2D eigenvalue weighted by Crippen LogP contribution is -2.42. The van der Waals surface area contributed by atoms with Crippen LogP contribution in [0.5, 0.6) is 0 Å². The largest absolute Gasteiger partial charge is 0.338 e. The lowest BCUT2D eigenvalue weighted by molar-refractivity contribution is -0.144. The van der Waals surface area contributed by atoms with Gasteiger partial charge in [-0.1, -0.05) is 0 Å². The number of carbonyl (C=O) groups is 1. The highest BCUT2D eigenvalue weighted by Gasteiger charge is 2.27. The predicted molar refractivity (Wildman–Crippen MR) is 44.4 cm³/mol. The number of alkyl halides is 2. The maximum Gasteiger partial charge on any atom is 0.315 e. The number of carbonyl (C=O) groups excluding carboxylic acids is 1. The van der Waals surface area contributed by atoms with Crippen molar-refractivity contribution >= 4 is 5.91 Å². The average molecular weight is 192 g/mol. The summed E-state index contributed by atoms with van der Waals surface area (Å²) in [5.74, 6) is -0.655. The van der Waals surface area contributed by atoms with Gasteiger partial charge in [0, 0.05) is 13.1 Å². The molecule has 5 heteroatoms. The van der Waals surface area contributed by atoms with Gasteiger partial charge in [-0.2, -0.15) is 8.78 Å². The number of rotatable bonds is 2. The Morgan fingerprint density at radius 1 is 1.46 bits per heavy atom. The van der Waals surface area contributed by atoms with Gasteiger partial charge in [0.25, 0.3) is 5.91 Å². The summed E-state index contributed by atoms with van der Waals surface area (Å²) < 4.78 is 24.0. The van der Waals surface area contributed by atoms with E-state index in [1.165, 1.54) is 4.90 Å². The van der Waals surface area contributed by atoms with Crippen LogP contribution in [0.4, 0.5) is 8.78 Å². The molecule has 0 aliphatic carbocycles. The quantitative estimate of drug-likeness (QED) is 0.690. The fourth-order valence-corrected chi connectivity index (χ4v) is 1.53. The fourth-order valence-electron chi connectivity index (χ4n) is 1.53. The van der Waals surface area contributed by atoms with Crippen molar-refractivity contribution in [3.05, 3.63) is 0 Å². The first-order chi connectivity index (χ1) is 6.15. The molecule has 0 unspecified atom stereocenters. The first-order valence-corrected chi connectivity index (χ1v) is 4.42. The third-order valence-corrected chi connectivity index (χ3v) is 2.45. The normalized spacial score (nSPS) is 19.5. The van der Waals surface area contributed by atoms with E-state index in [1.807, 2.05) is 0 Å². The summed E-state index contributed by atoms with van der Waals surface area (Å²) in [5.41, 5.74) is 5.43. The molecule has 0 bridgehead atoms. The van der Waals surface area contributed by atoms with Gasteiger partial charge in [0.15, 0.2) is 0 Å². The monoisotopic (exact) mass is 192 g/mol. The summed E-state index contributed by atoms with van der Waals surface area (Å²) in [6.07, 6.45) is -1.38. The number of nitrogens with two attached hydrogens (primary N) is 1. The third-order valence-electron chi connectivity index (χ3n) is 2.45. The van der Waals surface area contributed by atoms with E-state index in [4.69, 9.17) is 5.73 Å². The summed E-state index contributed by atoms with van der Waals surface area (Å²) >= 11 is 0. The van der Waals surface area contributed by atoms with Gasteiger partial charge in [0.1, 0.15) is 0 Å². The minimum Gasteiger partial charge on any atom is -0.338 e. The van der Waals surface area contributed by atoms with E-state index in [1.54, 1.807) is 0 Å². The second-order valence-corrected chi connectivity index (χ2v) is 3.31. The zero-order valence-electron chi connectivity index (χ0n) is 7.38. The second kappa shape index (κ2) is 4.50. The topological polar surface area (TPSA) is 46.3 Å². The second-order valence-electron chi connectivity index (χ2n) is 3.31. The zero-order valence-corrected chi connectivity index (χ0v) is 7.38. The average Bonchev–Trinajstić information content (AvgIpc) is 2.17. The van der Waals surface area contributed by atoms with Gasteiger partial charge in [-0.25, -0.2) is 0 Å². The SMILES string of the molecule is NCC1CCN(C(=O)C(F)F)CC1. The number of hydrogen-bond acceptors (Lipinski definition) is 2. The zero-order chi connectivity index (χ0) is 9.84. The molecule has 0 atom stereocenters. The maximum absolute atomic E-state index is 12.0. The Morgan fingerprint density at radius 2 is 2.00 bits per heavy atom. The van der Waals surface area contributed by atoms with Crippen LogP contribution in [0.1, 0.15) is 12.8 Å². The highest BCUT2D eigenvalue weighted by atomic mass is 19.3. The Morgan fingerprint density at radius 3 is 2.38 bits per heavy atom. The summed E-state index contributed by atoms with van der Waals surface area (Å²) in [6, 6.07) is 0. The molecule has 1 aliphatic rings.